The van der Waals surface area contributed by atoms with Crippen LogP contribution in [0.1, 0.15) is 27.4 Å². The molecular weight excluding hydrogens is 312 g/mol. The van der Waals surface area contributed by atoms with Gasteiger partial charge >= 0.3 is 5.97 Å². The van der Waals surface area contributed by atoms with Gasteiger partial charge in [-0.25, -0.2) is 4.79 Å². The van der Waals surface area contributed by atoms with Crippen LogP contribution < -0.4 is 10.5 Å². The molecule has 1 amide bonds. The summed E-state index contributed by atoms with van der Waals surface area (Å²) in [6.45, 7) is 1.72. The zero-order valence-electron chi connectivity index (χ0n) is 12.8. The number of nitriles is 1. The Hall–Kier alpha value is -3.53. The molecule has 0 spiro atoms. The van der Waals surface area contributed by atoms with Crippen molar-refractivity contribution in [2.45, 2.75) is 13.5 Å². The molecule has 0 bridgehead atoms. The minimum atomic E-state index is -1.13. The number of carboxylic acids is 1. The second kappa shape index (κ2) is 7.15. The molecule has 7 nitrogen and oxygen atoms in total. The van der Waals surface area contributed by atoms with Gasteiger partial charge in [-0.05, 0) is 36.8 Å². The van der Waals surface area contributed by atoms with Crippen LogP contribution in [-0.2, 0) is 11.4 Å². The maximum atomic E-state index is 11.0. The van der Waals surface area contributed by atoms with E-state index in [1.54, 1.807) is 43.3 Å². The third kappa shape index (κ3) is 4.01. The number of benzene rings is 1. The van der Waals surface area contributed by atoms with Crippen LogP contribution in [0.15, 0.2) is 40.3 Å². The van der Waals surface area contributed by atoms with Gasteiger partial charge in [-0.2, -0.15) is 5.26 Å². The third-order valence-electron chi connectivity index (χ3n) is 3.12. The summed E-state index contributed by atoms with van der Waals surface area (Å²) in [7, 11) is 0. The first-order chi connectivity index (χ1) is 11.4. The van der Waals surface area contributed by atoms with Gasteiger partial charge in [0, 0.05) is 5.56 Å². The number of hydrogen-bond acceptors (Lipinski definition) is 5. The normalized spacial score (nSPS) is 10.9. The highest BCUT2D eigenvalue weighted by Crippen LogP contribution is 2.19. The second-order valence-electron chi connectivity index (χ2n) is 4.92. The first kappa shape index (κ1) is 16.8. The summed E-state index contributed by atoms with van der Waals surface area (Å²) in [6, 6.07) is 9.94. The Kier molecular flexibility index (Phi) is 5.02. The molecule has 2 rings (SSSR count). The highest BCUT2D eigenvalue weighted by atomic mass is 16.5. The van der Waals surface area contributed by atoms with Crippen LogP contribution in [0.25, 0.3) is 6.08 Å². The number of carbonyl (C=O) groups is 2. The van der Waals surface area contributed by atoms with E-state index in [0.717, 1.165) is 0 Å². The number of hydrogen-bond donors (Lipinski definition) is 2. The molecule has 0 aliphatic carbocycles. The lowest BCUT2D eigenvalue weighted by molar-refractivity contribution is -0.114. The Labute approximate surface area is 137 Å². The van der Waals surface area contributed by atoms with Gasteiger partial charge in [-0.1, -0.05) is 12.1 Å². The highest BCUT2D eigenvalue weighted by molar-refractivity contribution is 6.00. The molecule has 1 aromatic heterocycles. The number of aromatic carboxylic acids is 1. The number of amides is 1. The summed E-state index contributed by atoms with van der Waals surface area (Å²) in [6.07, 6.45) is 1.38. The zero-order chi connectivity index (χ0) is 17.7. The molecule has 0 atom stereocenters. The lowest BCUT2D eigenvalue weighted by Crippen LogP contribution is -2.12. The Morgan fingerprint density at radius 2 is 2.04 bits per heavy atom. The van der Waals surface area contributed by atoms with Crippen LogP contribution in [0, 0.1) is 18.3 Å². The van der Waals surface area contributed by atoms with Gasteiger partial charge in [0.1, 0.15) is 29.8 Å². The van der Waals surface area contributed by atoms with Crippen molar-refractivity contribution in [3.63, 3.8) is 0 Å². The monoisotopic (exact) mass is 326 g/mol. The predicted molar refractivity (Wildman–Crippen MR) is 84.0 cm³/mol. The van der Waals surface area contributed by atoms with E-state index in [-0.39, 0.29) is 17.9 Å². The average molecular weight is 326 g/mol. The third-order valence-corrected chi connectivity index (χ3v) is 3.12. The van der Waals surface area contributed by atoms with Gasteiger partial charge in [0.15, 0.2) is 0 Å². The molecule has 1 aromatic carbocycles. The number of ether oxygens (including phenoxy) is 1. The van der Waals surface area contributed by atoms with E-state index in [1.165, 1.54) is 6.08 Å². The smallest absolute Gasteiger partial charge is 0.372 e. The van der Waals surface area contributed by atoms with Crippen molar-refractivity contribution in [2.24, 2.45) is 5.73 Å². The number of furan rings is 1. The van der Waals surface area contributed by atoms with E-state index >= 15 is 0 Å². The molecule has 0 saturated heterocycles. The van der Waals surface area contributed by atoms with E-state index in [1.807, 2.05) is 0 Å². The average Bonchev–Trinajstić information content (AvgIpc) is 2.92. The Bertz CT molecular complexity index is 841. The quantitative estimate of drug-likeness (QED) is 0.619. The van der Waals surface area contributed by atoms with Gasteiger partial charge in [-0.3, -0.25) is 4.79 Å². The van der Waals surface area contributed by atoms with Crippen LogP contribution >= 0.6 is 0 Å². The van der Waals surface area contributed by atoms with E-state index in [4.69, 9.17) is 25.3 Å². The molecular formula is C17H14N2O5. The van der Waals surface area contributed by atoms with E-state index in [2.05, 4.69) is 0 Å². The van der Waals surface area contributed by atoms with Crippen LogP contribution in [-0.4, -0.2) is 17.0 Å². The lowest BCUT2D eigenvalue weighted by Gasteiger charge is -2.04. The van der Waals surface area contributed by atoms with Crippen LogP contribution in [0.4, 0.5) is 0 Å². The predicted octanol–water partition coefficient (Wildman–Crippen LogP) is 2.26. The van der Waals surface area contributed by atoms with Gasteiger partial charge in [0.05, 0.1) is 0 Å². The molecule has 0 aliphatic heterocycles. The summed E-state index contributed by atoms with van der Waals surface area (Å²) in [5.74, 6) is -1.10. The molecule has 2 aromatic rings. The molecule has 0 saturated carbocycles. The summed E-state index contributed by atoms with van der Waals surface area (Å²) >= 11 is 0. The van der Waals surface area contributed by atoms with Gasteiger partial charge in [-0.15, -0.1) is 0 Å². The standard InChI is InChI=1S/C17H14N2O5/c1-10-6-14(24-15(10)17(21)22)9-23-13-4-2-11(3-5-13)7-12(8-18)16(19)20/h2-7H,9H2,1H3,(H2,19,20)(H,21,22)/b12-7+. The SMILES string of the molecule is Cc1cc(COc2ccc(/C=C(\C#N)C(N)=O)cc2)oc1C(=O)O. The summed E-state index contributed by atoms with van der Waals surface area (Å²) < 4.78 is 10.7. The fourth-order valence-corrected chi connectivity index (χ4v) is 1.97. The number of carboxylic acid groups (broad SMARTS) is 1. The van der Waals surface area contributed by atoms with Crippen LogP contribution in [0.3, 0.4) is 0 Å². The van der Waals surface area contributed by atoms with Gasteiger partial charge < -0.3 is 20.0 Å². The first-order valence-electron chi connectivity index (χ1n) is 6.87. The molecule has 0 radical (unpaired) electrons. The molecule has 0 unspecified atom stereocenters. The summed E-state index contributed by atoms with van der Waals surface area (Å²) in [4.78, 5) is 21.9. The van der Waals surface area contributed by atoms with Gasteiger partial charge in [0.2, 0.25) is 5.76 Å². The molecule has 3 N–H and O–H groups in total. The Morgan fingerprint density at radius 1 is 1.38 bits per heavy atom. The number of aryl methyl sites for hydroxylation is 1. The molecule has 24 heavy (non-hydrogen) atoms. The second-order valence-corrected chi connectivity index (χ2v) is 4.92. The topological polar surface area (TPSA) is 127 Å². The van der Waals surface area contributed by atoms with Crippen molar-refractivity contribution in [3.8, 4) is 11.8 Å². The van der Waals surface area contributed by atoms with Crippen LogP contribution in [0.5, 0.6) is 5.75 Å². The largest absolute Gasteiger partial charge is 0.486 e. The number of nitrogens with zero attached hydrogens (tertiary/aromatic N) is 1. The maximum Gasteiger partial charge on any atom is 0.372 e. The summed E-state index contributed by atoms with van der Waals surface area (Å²) in [5, 5.41) is 17.7. The first-order valence-corrected chi connectivity index (χ1v) is 6.87. The number of nitrogens with two attached hydrogens (primary N) is 1. The van der Waals surface area contributed by atoms with Crippen molar-refractivity contribution in [3.05, 3.63) is 58.6 Å². The fourth-order valence-electron chi connectivity index (χ4n) is 1.97. The lowest BCUT2D eigenvalue weighted by atomic mass is 10.1. The fraction of sp³-hybridized carbons (Fsp3) is 0.118. The zero-order valence-corrected chi connectivity index (χ0v) is 12.8. The minimum Gasteiger partial charge on any atom is -0.486 e. The van der Waals surface area contributed by atoms with E-state index in [0.29, 0.717) is 22.6 Å². The number of primary amides is 1. The van der Waals surface area contributed by atoms with Gasteiger partial charge in [0.25, 0.3) is 5.91 Å². The van der Waals surface area contributed by atoms with E-state index < -0.39 is 11.9 Å². The maximum absolute atomic E-state index is 11.0. The van der Waals surface area contributed by atoms with Crippen molar-refractivity contribution in [1.29, 1.82) is 5.26 Å². The number of carbonyl (C=O) groups excluding carboxylic acids is 1. The molecule has 0 fully saturated rings. The van der Waals surface area contributed by atoms with E-state index in [9.17, 15) is 9.59 Å². The van der Waals surface area contributed by atoms with Crippen molar-refractivity contribution >= 4 is 18.0 Å². The van der Waals surface area contributed by atoms with Crippen molar-refractivity contribution in [1.82, 2.24) is 0 Å². The minimum absolute atomic E-state index is 0.0774. The molecule has 0 aliphatic rings. The molecule has 122 valence electrons. The van der Waals surface area contributed by atoms with Crippen molar-refractivity contribution in [2.75, 3.05) is 0 Å². The number of rotatable bonds is 6. The Morgan fingerprint density at radius 3 is 2.54 bits per heavy atom. The molecule has 1 heterocycles. The Balaban J connectivity index is 2.05. The molecule has 7 heteroatoms. The highest BCUT2D eigenvalue weighted by Gasteiger charge is 2.14. The summed E-state index contributed by atoms with van der Waals surface area (Å²) in [5.41, 5.74) is 6.07. The van der Waals surface area contributed by atoms with Crippen LogP contribution in [0.2, 0.25) is 0 Å². The van der Waals surface area contributed by atoms with Crippen molar-refractivity contribution < 1.29 is 23.8 Å².